The monoisotopic (exact) mass is 305 g/mol. The SMILES string of the molecule is Cc1nc(N)sc1C(=O)NCC(C(=O)O)c1ccccc1. The van der Waals surface area contributed by atoms with Crippen LogP contribution in [0.25, 0.3) is 0 Å². The molecular weight excluding hydrogens is 290 g/mol. The van der Waals surface area contributed by atoms with Gasteiger partial charge in [-0.3, -0.25) is 9.59 Å². The Morgan fingerprint density at radius 2 is 2.05 bits per heavy atom. The number of rotatable bonds is 5. The summed E-state index contributed by atoms with van der Waals surface area (Å²) in [5, 5.41) is 12.2. The zero-order valence-electron chi connectivity index (χ0n) is 11.4. The van der Waals surface area contributed by atoms with Crippen LogP contribution in [0.15, 0.2) is 30.3 Å². The van der Waals surface area contributed by atoms with E-state index in [4.69, 9.17) is 5.73 Å². The highest BCUT2D eigenvalue weighted by Gasteiger charge is 2.22. The lowest BCUT2D eigenvalue weighted by atomic mass is 9.99. The number of amides is 1. The van der Waals surface area contributed by atoms with Gasteiger partial charge < -0.3 is 16.2 Å². The van der Waals surface area contributed by atoms with E-state index in [1.54, 1.807) is 31.2 Å². The topological polar surface area (TPSA) is 105 Å². The van der Waals surface area contributed by atoms with Crippen LogP contribution in [0.4, 0.5) is 5.13 Å². The molecule has 1 amide bonds. The Morgan fingerprint density at radius 1 is 1.38 bits per heavy atom. The standard InChI is InChI=1S/C14H15N3O3S/c1-8-11(21-14(15)17-8)12(18)16-7-10(13(19)20)9-5-3-2-4-6-9/h2-6,10H,7H2,1H3,(H2,15,17)(H,16,18)(H,19,20). The van der Waals surface area contributed by atoms with Crippen LogP contribution >= 0.6 is 11.3 Å². The van der Waals surface area contributed by atoms with E-state index in [2.05, 4.69) is 10.3 Å². The number of nitrogens with zero attached hydrogens (tertiary/aromatic N) is 1. The molecule has 0 aliphatic rings. The van der Waals surface area contributed by atoms with Crippen molar-refractivity contribution < 1.29 is 14.7 Å². The van der Waals surface area contributed by atoms with Crippen molar-refractivity contribution in [3.8, 4) is 0 Å². The lowest BCUT2D eigenvalue weighted by Crippen LogP contribution is -2.31. The summed E-state index contributed by atoms with van der Waals surface area (Å²) in [5.41, 5.74) is 6.73. The second kappa shape index (κ2) is 6.36. The summed E-state index contributed by atoms with van der Waals surface area (Å²) >= 11 is 1.09. The van der Waals surface area contributed by atoms with E-state index in [1.807, 2.05) is 6.07 Å². The lowest BCUT2D eigenvalue weighted by molar-refractivity contribution is -0.138. The van der Waals surface area contributed by atoms with Gasteiger partial charge in [-0.15, -0.1) is 0 Å². The predicted molar refractivity (Wildman–Crippen MR) is 80.4 cm³/mol. The zero-order chi connectivity index (χ0) is 15.4. The van der Waals surface area contributed by atoms with Gasteiger partial charge >= 0.3 is 5.97 Å². The van der Waals surface area contributed by atoms with Crippen molar-refractivity contribution in [1.82, 2.24) is 10.3 Å². The zero-order valence-corrected chi connectivity index (χ0v) is 12.2. The van der Waals surface area contributed by atoms with Crippen molar-refractivity contribution >= 4 is 28.3 Å². The van der Waals surface area contributed by atoms with Crippen LogP contribution in [0.1, 0.15) is 26.8 Å². The molecule has 1 heterocycles. The first kappa shape index (κ1) is 15.0. The average Bonchev–Trinajstić information content (AvgIpc) is 2.78. The van der Waals surface area contributed by atoms with Gasteiger partial charge in [0.2, 0.25) is 0 Å². The highest BCUT2D eigenvalue weighted by atomic mass is 32.1. The summed E-state index contributed by atoms with van der Waals surface area (Å²) in [6.07, 6.45) is 0. The molecule has 0 spiro atoms. The first-order valence-corrected chi connectivity index (χ1v) is 7.09. The fourth-order valence-corrected chi connectivity index (χ4v) is 2.69. The Bertz CT molecular complexity index is 655. The number of hydrogen-bond donors (Lipinski definition) is 3. The number of thiazole rings is 1. The number of anilines is 1. The number of nitrogen functional groups attached to an aromatic ring is 1. The van der Waals surface area contributed by atoms with Gasteiger partial charge in [-0.2, -0.15) is 0 Å². The molecule has 21 heavy (non-hydrogen) atoms. The smallest absolute Gasteiger partial charge is 0.312 e. The number of carbonyl (C=O) groups excluding carboxylic acids is 1. The fourth-order valence-electron chi connectivity index (χ4n) is 1.94. The van der Waals surface area contributed by atoms with Crippen LogP contribution in [0.5, 0.6) is 0 Å². The van der Waals surface area contributed by atoms with Gasteiger partial charge in [0.25, 0.3) is 5.91 Å². The van der Waals surface area contributed by atoms with E-state index in [1.165, 1.54) is 0 Å². The molecular formula is C14H15N3O3S. The van der Waals surface area contributed by atoms with Crippen LogP contribution in [0.2, 0.25) is 0 Å². The van der Waals surface area contributed by atoms with Gasteiger partial charge in [0.05, 0.1) is 11.6 Å². The molecule has 1 aromatic carbocycles. The molecule has 2 rings (SSSR count). The largest absolute Gasteiger partial charge is 0.481 e. The molecule has 2 aromatic rings. The van der Waals surface area contributed by atoms with Gasteiger partial charge in [-0.1, -0.05) is 41.7 Å². The first-order valence-electron chi connectivity index (χ1n) is 6.28. The summed E-state index contributed by atoms with van der Waals surface area (Å²) in [7, 11) is 0. The number of benzene rings is 1. The van der Waals surface area contributed by atoms with Crippen molar-refractivity contribution in [2.75, 3.05) is 12.3 Å². The van der Waals surface area contributed by atoms with E-state index >= 15 is 0 Å². The van der Waals surface area contributed by atoms with Crippen LogP contribution in [-0.4, -0.2) is 28.5 Å². The third-order valence-electron chi connectivity index (χ3n) is 2.99. The quantitative estimate of drug-likeness (QED) is 0.778. The van der Waals surface area contributed by atoms with Gasteiger partial charge in [0, 0.05) is 6.54 Å². The molecule has 0 radical (unpaired) electrons. The molecule has 0 saturated carbocycles. The van der Waals surface area contributed by atoms with E-state index < -0.39 is 11.9 Å². The summed E-state index contributed by atoms with van der Waals surface area (Å²) in [5.74, 6) is -2.13. The molecule has 0 aliphatic heterocycles. The van der Waals surface area contributed by atoms with E-state index in [0.29, 0.717) is 21.3 Å². The lowest BCUT2D eigenvalue weighted by Gasteiger charge is -2.13. The minimum Gasteiger partial charge on any atom is -0.481 e. The summed E-state index contributed by atoms with van der Waals surface area (Å²) < 4.78 is 0. The molecule has 0 fully saturated rings. The fraction of sp³-hybridized carbons (Fsp3) is 0.214. The summed E-state index contributed by atoms with van der Waals surface area (Å²) in [6, 6.07) is 8.79. The van der Waals surface area contributed by atoms with Crippen molar-refractivity contribution in [3.63, 3.8) is 0 Å². The van der Waals surface area contributed by atoms with Gasteiger partial charge in [-0.25, -0.2) is 4.98 Å². The van der Waals surface area contributed by atoms with Crippen LogP contribution in [-0.2, 0) is 4.79 Å². The molecule has 6 nitrogen and oxygen atoms in total. The number of carboxylic acid groups (broad SMARTS) is 1. The molecule has 0 bridgehead atoms. The number of hydrogen-bond acceptors (Lipinski definition) is 5. The highest BCUT2D eigenvalue weighted by Crippen LogP contribution is 2.20. The number of aromatic nitrogens is 1. The van der Waals surface area contributed by atoms with Gasteiger partial charge in [-0.05, 0) is 12.5 Å². The van der Waals surface area contributed by atoms with Crippen molar-refractivity contribution in [2.24, 2.45) is 0 Å². The van der Waals surface area contributed by atoms with Crippen LogP contribution in [0.3, 0.4) is 0 Å². The van der Waals surface area contributed by atoms with Crippen LogP contribution in [0, 0.1) is 6.92 Å². The van der Waals surface area contributed by atoms with Crippen LogP contribution < -0.4 is 11.1 Å². The first-order chi connectivity index (χ1) is 9.99. The Hall–Kier alpha value is -2.41. The maximum Gasteiger partial charge on any atom is 0.312 e. The number of nitrogens with two attached hydrogens (primary N) is 1. The Kier molecular flexibility index (Phi) is 4.54. The molecule has 1 atom stereocenters. The predicted octanol–water partition coefficient (Wildman–Crippen LogP) is 1.63. The number of aliphatic carboxylic acids is 1. The second-order valence-electron chi connectivity index (χ2n) is 4.48. The van der Waals surface area contributed by atoms with E-state index in [9.17, 15) is 14.7 Å². The number of carbonyl (C=O) groups is 2. The summed E-state index contributed by atoms with van der Waals surface area (Å²) in [4.78, 5) is 27.8. The molecule has 0 saturated heterocycles. The van der Waals surface area contributed by atoms with E-state index in [0.717, 1.165) is 11.3 Å². The molecule has 7 heteroatoms. The Balaban J connectivity index is 2.08. The molecule has 4 N–H and O–H groups in total. The minimum atomic E-state index is -0.984. The molecule has 110 valence electrons. The third-order valence-corrected chi connectivity index (χ3v) is 3.97. The number of nitrogens with one attached hydrogen (secondary N) is 1. The molecule has 1 unspecified atom stereocenters. The number of aryl methyl sites for hydroxylation is 1. The number of carboxylic acids is 1. The Morgan fingerprint density at radius 3 is 2.57 bits per heavy atom. The molecule has 0 aliphatic carbocycles. The van der Waals surface area contributed by atoms with Crippen molar-refractivity contribution in [2.45, 2.75) is 12.8 Å². The maximum atomic E-state index is 12.0. The normalized spacial score (nSPS) is 11.9. The minimum absolute atomic E-state index is 0.00935. The van der Waals surface area contributed by atoms with E-state index in [-0.39, 0.29) is 12.5 Å². The highest BCUT2D eigenvalue weighted by molar-refractivity contribution is 7.17. The van der Waals surface area contributed by atoms with Gasteiger partial charge in [0.15, 0.2) is 5.13 Å². The summed E-state index contributed by atoms with van der Waals surface area (Å²) in [6.45, 7) is 1.70. The Labute approximate surface area is 125 Å². The average molecular weight is 305 g/mol. The van der Waals surface area contributed by atoms with Gasteiger partial charge in [0.1, 0.15) is 4.88 Å². The second-order valence-corrected chi connectivity index (χ2v) is 5.51. The van der Waals surface area contributed by atoms with Crippen molar-refractivity contribution in [1.29, 1.82) is 0 Å². The maximum absolute atomic E-state index is 12.0. The molecule has 1 aromatic heterocycles. The van der Waals surface area contributed by atoms with Crippen molar-refractivity contribution in [3.05, 3.63) is 46.5 Å². The third kappa shape index (κ3) is 3.57.